The Bertz CT molecular complexity index is 834. The number of furan rings is 1. The molecule has 4 aliphatic carbocycles. The summed E-state index contributed by atoms with van der Waals surface area (Å²) in [5, 5.41) is 5.46. The SMILES string of the molecule is O=C(CNC(=O)c1ccoc1)Nc1ccc(C23CC4CC(CC(C4)C2)C3)cc1. The molecule has 0 atom stereocenters. The van der Waals surface area contributed by atoms with Crippen molar-refractivity contribution in [2.75, 3.05) is 11.9 Å². The van der Waals surface area contributed by atoms with Crippen LogP contribution in [0, 0.1) is 17.8 Å². The van der Waals surface area contributed by atoms with Crippen molar-refractivity contribution in [3.63, 3.8) is 0 Å². The van der Waals surface area contributed by atoms with Crippen LogP contribution in [-0.2, 0) is 10.2 Å². The van der Waals surface area contributed by atoms with Gasteiger partial charge in [0.25, 0.3) is 5.91 Å². The summed E-state index contributed by atoms with van der Waals surface area (Å²) in [6.07, 6.45) is 11.1. The van der Waals surface area contributed by atoms with Crippen molar-refractivity contribution in [2.24, 2.45) is 17.8 Å². The van der Waals surface area contributed by atoms with Crippen molar-refractivity contribution in [1.82, 2.24) is 5.32 Å². The number of anilines is 1. The Morgan fingerprint density at radius 1 is 0.964 bits per heavy atom. The molecule has 5 heteroatoms. The van der Waals surface area contributed by atoms with Crippen LogP contribution in [0.2, 0.25) is 0 Å². The van der Waals surface area contributed by atoms with E-state index in [0.29, 0.717) is 11.0 Å². The van der Waals surface area contributed by atoms with E-state index in [1.54, 1.807) is 6.07 Å². The maximum absolute atomic E-state index is 12.1. The third-order valence-corrected chi connectivity index (χ3v) is 7.01. The monoisotopic (exact) mass is 378 g/mol. The van der Waals surface area contributed by atoms with E-state index in [4.69, 9.17) is 4.42 Å². The highest BCUT2D eigenvalue weighted by Gasteiger charge is 2.51. The van der Waals surface area contributed by atoms with E-state index in [1.165, 1.54) is 56.6 Å². The molecule has 2 aromatic rings. The lowest BCUT2D eigenvalue weighted by molar-refractivity contribution is -0.115. The Labute approximate surface area is 164 Å². The first-order valence-corrected chi connectivity index (χ1v) is 10.3. The van der Waals surface area contributed by atoms with E-state index in [-0.39, 0.29) is 18.4 Å². The molecular weight excluding hydrogens is 352 g/mol. The average Bonchev–Trinajstić information content (AvgIpc) is 3.20. The zero-order valence-corrected chi connectivity index (χ0v) is 15.9. The second-order valence-electron chi connectivity index (χ2n) is 9.02. The van der Waals surface area contributed by atoms with E-state index in [2.05, 4.69) is 22.8 Å². The van der Waals surface area contributed by atoms with Crippen molar-refractivity contribution in [2.45, 2.75) is 43.9 Å². The van der Waals surface area contributed by atoms with Crippen LogP contribution in [0.1, 0.15) is 54.4 Å². The van der Waals surface area contributed by atoms with Gasteiger partial charge in [-0.2, -0.15) is 0 Å². The van der Waals surface area contributed by atoms with E-state index in [9.17, 15) is 9.59 Å². The van der Waals surface area contributed by atoms with Gasteiger partial charge in [-0.3, -0.25) is 9.59 Å². The maximum atomic E-state index is 12.1. The molecule has 1 heterocycles. The maximum Gasteiger partial charge on any atom is 0.254 e. The molecule has 2 N–H and O–H groups in total. The Kier molecular flexibility index (Phi) is 4.26. The van der Waals surface area contributed by atoms with Gasteiger partial charge >= 0.3 is 0 Å². The fourth-order valence-corrected chi connectivity index (χ4v) is 6.23. The Hall–Kier alpha value is -2.56. The van der Waals surface area contributed by atoms with E-state index < -0.39 is 0 Å². The highest BCUT2D eigenvalue weighted by atomic mass is 16.3. The van der Waals surface area contributed by atoms with Crippen LogP contribution < -0.4 is 10.6 Å². The van der Waals surface area contributed by atoms with Crippen molar-refractivity contribution in [1.29, 1.82) is 0 Å². The third kappa shape index (κ3) is 3.23. The van der Waals surface area contributed by atoms with Gasteiger partial charge in [-0.1, -0.05) is 12.1 Å². The largest absolute Gasteiger partial charge is 0.472 e. The molecule has 28 heavy (non-hydrogen) atoms. The van der Waals surface area contributed by atoms with Crippen molar-refractivity contribution in [3.8, 4) is 0 Å². The minimum Gasteiger partial charge on any atom is -0.472 e. The minimum atomic E-state index is -0.318. The van der Waals surface area contributed by atoms with Gasteiger partial charge in [-0.25, -0.2) is 0 Å². The summed E-state index contributed by atoms with van der Waals surface area (Å²) in [4.78, 5) is 24.0. The van der Waals surface area contributed by atoms with Crippen LogP contribution in [0.15, 0.2) is 47.3 Å². The molecule has 0 spiro atoms. The van der Waals surface area contributed by atoms with E-state index >= 15 is 0 Å². The van der Waals surface area contributed by atoms with Crippen molar-refractivity contribution < 1.29 is 14.0 Å². The van der Waals surface area contributed by atoms with E-state index in [1.807, 2.05) is 12.1 Å². The minimum absolute atomic E-state index is 0.0687. The molecule has 146 valence electrons. The smallest absolute Gasteiger partial charge is 0.254 e. The number of hydrogen-bond donors (Lipinski definition) is 2. The van der Waals surface area contributed by atoms with Crippen LogP contribution in [0.5, 0.6) is 0 Å². The molecule has 4 bridgehead atoms. The van der Waals surface area contributed by atoms with Crippen LogP contribution in [0.25, 0.3) is 0 Å². The van der Waals surface area contributed by atoms with Crippen molar-refractivity contribution in [3.05, 3.63) is 54.0 Å². The lowest BCUT2D eigenvalue weighted by Crippen LogP contribution is -2.48. The number of hydrogen-bond acceptors (Lipinski definition) is 3. The second-order valence-corrected chi connectivity index (χ2v) is 9.02. The summed E-state index contributed by atoms with van der Waals surface area (Å²) in [7, 11) is 0. The Morgan fingerprint density at radius 2 is 1.61 bits per heavy atom. The van der Waals surface area contributed by atoms with Crippen LogP contribution in [-0.4, -0.2) is 18.4 Å². The molecule has 1 aromatic heterocycles. The zero-order valence-electron chi connectivity index (χ0n) is 15.9. The summed E-state index contributed by atoms with van der Waals surface area (Å²) in [6, 6.07) is 9.98. The molecule has 0 radical (unpaired) electrons. The first kappa shape index (κ1) is 17.5. The van der Waals surface area contributed by atoms with Crippen LogP contribution in [0.3, 0.4) is 0 Å². The predicted molar refractivity (Wildman–Crippen MR) is 106 cm³/mol. The molecule has 4 fully saturated rings. The van der Waals surface area contributed by atoms with Gasteiger partial charge in [-0.05, 0) is 85.5 Å². The summed E-state index contributed by atoms with van der Waals surface area (Å²) in [6.45, 7) is -0.0687. The quantitative estimate of drug-likeness (QED) is 0.822. The summed E-state index contributed by atoms with van der Waals surface area (Å²) >= 11 is 0. The second kappa shape index (κ2) is 6.80. The molecule has 1 aromatic carbocycles. The number of amides is 2. The molecular formula is C23H26N2O3. The van der Waals surface area contributed by atoms with Gasteiger partial charge in [0, 0.05) is 5.69 Å². The fraction of sp³-hybridized carbons (Fsp3) is 0.478. The number of rotatable bonds is 5. The average molecular weight is 378 g/mol. The molecule has 5 nitrogen and oxygen atoms in total. The van der Waals surface area contributed by atoms with Crippen molar-refractivity contribution >= 4 is 17.5 Å². The first-order valence-electron chi connectivity index (χ1n) is 10.3. The van der Waals surface area contributed by atoms with Crippen LogP contribution in [0.4, 0.5) is 5.69 Å². The van der Waals surface area contributed by atoms with Gasteiger partial charge in [0.15, 0.2) is 0 Å². The van der Waals surface area contributed by atoms with Gasteiger partial charge in [0.2, 0.25) is 5.91 Å². The third-order valence-electron chi connectivity index (χ3n) is 7.01. The van der Waals surface area contributed by atoms with Gasteiger partial charge in [0.05, 0.1) is 18.4 Å². The number of carbonyl (C=O) groups is 2. The zero-order chi connectivity index (χ0) is 19.1. The van der Waals surface area contributed by atoms with Crippen LogP contribution >= 0.6 is 0 Å². The summed E-state index contributed by atoms with van der Waals surface area (Å²) < 4.78 is 4.88. The molecule has 0 unspecified atom stereocenters. The molecule has 0 aliphatic heterocycles. The number of carbonyl (C=O) groups excluding carboxylic acids is 2. The molecule has 0 saturated heterocycles. The Balaban J connectivity index is 1.20. The topological polar surface area (TPSA) is 71.3 Å². The van der Waals surface area contributed by atoms with Gasteiger partial charge in [-0.15, -0.1) is 0 Å². The summed E-state index contributed by atoms with van der Waals surface area (Å²) in [5.74, 6) is 2.21. The molecule has 2 amide bonds. The lowest BCUT2D eigenvalue weighted by atomic mass is 9.48. The first-order chi connectivity index (χ1) is 13.6. The Morgan fingerprint density at radius 3 is 2.18 bits per heavy atom. The van der Waals surface area contributed by atoms with Gasteiger partial charge < -0.3 is 15.1 Å². The van der Waals surface area contributed by atoms with E-state index in [0.717, 1.165) is 23.4 Å². The summed E-state index contributed by atoms with van der Waals surface area (Å²) in [5.41, 5.74) is 3.00. The molecule has 6 rings (SSSR count). The number of benzene rings is 1. The highest BCUT2D eigenvalue weighted by molar-refractivity contribution is 5.99. The van der Waals surface area contributed by atoms with Gasteiger partial charge in [0.1, 0.15) is 6.26 Å². The fourth-order valence-electron chi connectivity index (χ4n) is 6.23. The molecule has 4 aliphatic rings. The standard InChI is InChI=1S/C23H26N2O3/c26-21(13-24-22(27)18-5-6-28-14-18)25-20-3-1-19(2-4-20)23-10-15-7-16(11-23)9-17(8-15)12-23/h1-6,14-17H,7-13H2,(H,24,27)(H,25,26). The highest BCUT2D eigenvalue weighted by Crippen LogP contribution is 2.60. The lowest BCUT2D eigenvalue weighted by Gasteiger charge is -2.57. The predicted octanol–water partition coefficient (Wildman–Crippen LogP) is 4.12. The molecule has 4 saturated carbocycles. The normalized spacial score (nSPS) is 30.2. The number of nitrogens with one attached hydrogen (secondary N) is 2.